The van der Waals surface area contributed by atoms with Crippen LogP contribution in [0.25, 0.3) is 0 Å². The topological polar surface area (TPSA) is 110 Å². The lowest BCUT2D eigenvalue weighted by Crippen LogP contribution is -2.30. The van der Waals surface area contributed by atoms with Gasteiger partial charge >= 0.3 is 11.9 Å². The van der Waals surface area contributed by atoms with Gasteiger partial charge in [-0.25, -0.2) is 22.4 Å². The number of thioether (sulfide) groups is 1. The van der Waals surface area contributed by atoms with E-state index in [2.05, 4.69) is 4.74 Å². The number of carbonyl (C=O) groups is 3. The van der Waals surface area contributed by atoms with Gasteiger partial charge < -0.3 is 14.4 Å². The Hall–Kier alpha value is -2.44. The second kappa shape index (κ2) is 11.4. The number of esters is 2. The Bertz CT molecular complexity index is 1010. The molecule has 2 rings (SSSR count). The Morgan fingerprint density at radius 1 is 1.28 bits per heavy atom. The smallest absolute Gasteiger partial charge is 0.341 e. The molecule has 1 aliphatic rings. The summed E-state index contributed by atoms with van der Waals surface area (Å²) in [5.74, 6) is -2.51. The third-order valence-electron chi connectivity index (χ3n) is 4.61. The predicted molar refractivity (Wildman–Crippen MR) is 116 cm³/mol. The summed E-state index contributed by atoms with van der Waals surface area (Å²) in [6, 6.07) is 2.98. The standard InChI is InChI=1S/C20H25FN2O7S2/c1-4-22(5-2)32(27,28)14-7-8-16(21)15(11-14)20(26)30-10-6-9-23-17(24)13-31-18(23)12-19(25)29-3/h7-8,11-12H,4-6,9-10,13H2,1-3H3/b18-12-. The molecule has 0 atom stereocenters. The summed E-state index contributed by atoms with van der Waals surface area (Å²) in [7, 11) is -2.64. The lowest BCUT2D eigenvalue weighted by atomic mass is 10.2. The molecule has 12 heteroatoms. The number of benzene rings is 1. The zero-order valence-electron chi connectivity index (χ0n) is 18.0. The van der Waals surface area contributed by atoms with Gasteiger partial charge in [0.15, 0.2) is 0 Å². The molecule has 0 aromatic heterocycles. The number of sulfonamides is 1. The maximum absolute atomic E-state index is 14.2. The number of hydrogen-bond acceptors (Lipinski definition) is 8. The minimum atomic E-state index is -3.87. The molecular weight excluding hydrogens is 463 g/mol. The fraction of sp³-hybridized carbons (Fsp3) is 0.450. The van der Waals surface area contributed by atoms with E-state index in [1.807, 2.05) is 0 Å². The lowest BCUT2D eigenvalue weighted by molar-refractivity contribution is -0.134. The molecule has 1 fully saturated rings. The molecule has 0 radical (unpaired) electrons. The SMILES string of the molecule is CCN(CC)S(=O)(=O)c1ccc(F)c(C(=O)OCCCN2C(=O)CS/C2=C\C(=O)OC)c1. The average molecular weight is 489 g/mol. The Morgan fingerprint density at radius 3 is 2.59 bits per heavy atom. The van der Waals surface area contributed by atoms with E-state index in [-0.39, 0.29) is 49.2 Å². The van der Waals surface area contributed by atoms with Crippen molar-refractivity contribution in [2.45, 2.75) is 25.2 Å². The number of methoxy groups -OCH3 is 1. The molecule has 0 aliphatic carbocycles. The van der Waals surface area contributed by atoms with Crippen LogP contribution in [0.3, 0.4) is 0 Å². The van der Waals surface area contributed by atoms with Crippen molar-refractivity contribution in [1.82, 2.24) is 9.21 Å². The Balaban J connectivity index is 2.02. The number of carbonyl (C=O) groups excluding carboxylic acids is 3. The van der Waals surface area contributed by atoms with Crippen molar-refractivity contribution in [3.8, 4) is 0 Å². The van der Waals surface area contributed by atoms with Gasteiger partial charge in [-0.1, -0.05) is 25.6 Å². The molecule has 1 aliphatic heterocycles. The molecule has 0 bridgehead atoms. The first-order chi connectivity index (χ1) is 15.1. The third kappa shape index (κ3) is 6.08. The summed E-state index contributed by atoms with van der Waals surface area (Å²) in [5, 5.41) is 0.438. The Labute approximate surface area is 190 Å². The molecule has 1 amide bonds. The monoisotopic (exact) mass is 488 g/mol. The van der Waals surface area contributed by atoms with Gasteiger partial charge in [0.2, 0.25) is 15.9 Å². The quantitative estimate of drug-likeness (QED) is 0.279. The van der Waals surface area contributed by atoms with Crippen LogP contribution in [-0.4, -0.2) is 74.6 Å². The van der Waals surface area contributed by atoms with Crippen LogP contribution >= 0.6 is 11.8 Å². The molecule has 9 nitrogen and oxygen atoms in total. The molecular formula is C20H25FN2O7S2. The second-order valence-electron chi connectivity index (χ2n) is 6.56. The molecule has 1 heterocycles. The van der Waals surface area contributed by atoms with Gasteiger partial charge in [-0.3, -0.25) is 4.79 Å². The van der Waals surface area contributed by atoms with Crippen molar-refractivity contribution in [1.29, 1.82) is 0 Å². The van der Waals surface area contributed by atoms with Crippen LogP contribution in [0.2, 0.25) is 0 Å². The number of ether oxygens (including phenoxy) is 2. The van der Waals surface area contributed by atoms with Crippen molar-refractivity contribution in [2.24, 2.45) is 0 Å². The zero-order valence-corrected chi connectivity index (χ0v) is 19.6. The summed E-state index contributed by atoms with van der Waals surface area (Å²) in [6.45, 7) is 3.86. The van der Waals surface area contributed by atoms with Crippen molar-refractivity contribution in [2.75, 3.05) is 39.1 Å². The van der Waals surface area contributed by atoms with Crippen molar-refractivity contribution >= 4 is 39.6 Å². The van der Waals surface area contributed by atoms with Gasteiger partial charge in [0, 0.05) is 19.6 Å². The summed E-state index contributed by atoms with van der Waals surface area (Å²) < 4.78 is 50.2. The van der Waals surface area contributed by atoms with E-state index >= 15 is 0 Å². The number of amides is 1. The van der Waals surface area contributed by atoms with Gasteiger partial charge in [-0.2, -0.15) is 4.31 Å². The van der Waals surface area contributed by atoms with Crippen molar-refractivity contribution < 1.29 is 36.7 Å². The Kier molecular flexibility index (Phi) is 9.22. The molecule has 1 aromatic rings. The molecule has 1 aromatic carbocycles. The summed E-state index contributed by atoms with van der Waals surface area (Å²) >= 11 is 1.19. The number of rotatable bonds is 10. The summed E-state index contributed by atoms with van der Waals surface area (Å²) in [5.41, 5.74) is -0.489. The molecule has 0 spiro atoms. The van der Waals surface area contributed by atoms with Gasteiger partial charge in [-0.15, -0.1) is 0 Å². The van der Waals surface area contributed by atoms with Crippen LogP contribution in [0.15, 0.2) is 34.2 Å². The van der Waals surface area contributed by atoms with Crippen LogP contribution < -0.4 is 0 Å². The highest BCUT2D eigenvalue weighted by atomic mass is 32.2. The number of hydrogen-bond donors (Lipinski definition) is 0. The fourth-order valence-corrected chi connectivity index (χ4v) is 5.37. The summed E-state index contributed by atoms with van der Waals surface area (Å²) in [4.78, 5) is 36.9. The van der Waals surface area contributed by atoms with E-state index in [9.17, 15) is 27.2 Å². The van der Waals surface area contributed by atoms with E-state index in [1.54, 1.807) is 13.8 Å². The summed E-state index contributed by atoms with van der Waals surface area (Å²) in [6.07, 6.45) is 1.44. The maximum atomic E-state index is 14.2. The molecule has 0 saturated carbocycles. The van der Waals surface area contributed by atoms with Gasteiger partial charge in [-0.05, 0) is 24.6 Å². The lowest BCUT2D eigenvalue weighted by Gasteiger charge is -2.19. The molecule has 176 valence electrons. The van der Waals surface area contributed by atoms with Crippen LogP contribution in [0.5, 0.6) is 0 Å². The first-order valence-electron chi connectivity index (χ1n) is 9.85. The van der Waals surface area contributed by atoms with Gasteiger partial charge in [0.25, 0.3) is 0 Å². The van der Waals surface area contributed by atoms with E-state index in [4.69, 9.17) is 4.74 Å². The maximum Gasteiger partial charge on any atom is 0.341 e. The number of halogens is 1. The first kappa shape index (κ1) is 25.8. The molecule has 32 heavy (non-hydrogen) atoms. The Morgan fingerprint density at radius 2 is 1.97 bits per heavy atom. The van der Waals surface area contributed by atoms with Crippen LogP contribution in [0.4, 0.5) is 4.39 Å². The minimum Gasteiger partial charge on any atom is -0.466 e. The highest BCUT2D eigenvalue weighted by Gasteiger charge is 2.28. The van der Waals surface area contributed by atoms with E-state index in [0.29, 0.717) is 5.03 Å². The second-order valence-corrected chi connectivity index (χ2v) is 9.49. The largest absolute Gasteiger partial charge is 0.466 e. The van der Waals surface area contributed by atoms with E-state index in [1.165, 1.54) is 34.2 Å². The number of nitrogens with zero attached hydrogens (tertiary/aromatic N) is 2. The van der Waals surface area contributed by atoms with E-state index in [0.717, 1.165) is 18.2 Å². The first-order valence-corrected chi connectivity index (χ1v) is 12.3. The molecule has 0 N–H and O–H groups in total. The van der Waals surface area contributed by atoms with Crippen LogP contribution in [0.1, 0.15) is 30.6 Å². The van der Waals surface area contributed by atoms with Crippen molar-refractivity contribution in [3.63, 3.8) is 0 Å². The van der Waals surface area contributed by atoms with Crippen LogP contribution in [-0.2, 0) is 29.1 Å². The van der Waals surface area contributed by atoms with Gasteiger partial charge in [0.1, 0.15) is 5.82 Å². The van der Waals surface area contributed by atoms with Crippen molar-refractivity contribution in [3.05, 3.63) is 40.7 Å². The van der Waals surface area contributed by atoms with Crippen LogP contribution in [0, 0.1) is 5.82 Å². The van der Waals surface area contributed by atoms with Gasteiger partial charge in [0.05, 0.1) is 41.0 Å². The normalized spacial score (nSPS) is 15.5. The average Bonchev–Trinajstić information content (AvgIpc) is 3.10. The molecule has 1 saturated heterocycles. The highest BCUT2D eigenvalue weighted by molar-refractivity contribution is 8.04. The zero-order chi connectivity index (χ0) is 23.9. The third-order valence-corrected chi connectivity index (χ3v) is 7.68. The van der Waals surface area contributed by atoms with E-state index < -0.39 is 33.3 Å². The fourth-order valence-electron chi connectivity index (χ4n) is 2.93. The highest BCUT2D eigenvalue weighted by Crippen LogP contribution is 2.29. The predicted octanol–water partition coefficient (Wildman–Crippen LogP) is 1.99. The minimum absolute atomic E-state index is 0.134. The molecule has 0 unspecified atom stereocenters.